The fraction of sp³-hybridized carbons (Fsp3) is 0.600. The van der Waals surface area contributed by atoms with Crippen LogP contribution in [0.25, 0.3) is 0 Å². The molecule has 0 aromatic carbocycles. The molecule has 0 unspecified atom stereocenters. The number of methoxy groups -OCH3 is 1. The van der Waals surface area contributed by atoms with Gasteiger partial charge in [0.15, 0.2) is 0 Å². The Labute approximate surface area is 88.6 Å². The molecule has 0 atom stereocenters. The Balaban J connectivity index is 2.93. The van der Waals surface area contributed by atoms with Crippen LogP contribution in [0, 0.1) is 0 Å². The predicted molar refractivity (Wildman–Crippen MR) is 52.4 cm³/mol. The van der Waals surface area contributed by atoms with Crippen molar-refractivity contribution in [3.8, 4) is 0 Å². The molecule has 5 nitrogen and oxygen atoms in total. The Morgan fingerprint density at radius 1 is 1.53 bits per heavy atom. The summed E-state index contributed by atoms with van der Waals surface area (Å²) < 4.78 is 4.56. The van der Waals surface area contributed by atoms with E-state index in [9.17, 15) is 9.59 Å². The number of carbonyl (C=O) groups is 2. The quantitative estimate of drug-likeness (QED) is 0.608. The normalized spacial score (nSPS) is 16.9. The van der Waals surface area contributed by atoms with Crippen molar-refractivity contribution in [3.63, 3.8) is 0 Å². The lowest BCUT2D eigenvalue weighted by Gasteiger charge is -2.35. The second-order valence-electron chi connectivity index (χ2n) is 4.28. The maximum Gasteiger partial charge on any atom is 0.337 e. The summed E-state index contributed by atoms with van der Waals surface area (Å²) in [5.41, 5.74) is -0.0707. The van der Waals surface area contributed by atoms with Crippen molar-refractivity contribution < 1.29 is 19.2 Å². The molecule has 84 valence electrons. The molecule has 1 rings (SSSR count). The molecule has 0 saturated heterocycles. The van der Waals surface area contributed by atoms with Crippen LogP contribution in [0.1, 0.15) is 27.2 Å². The number of hydrogen-bond donors (Lipinski definition) is 0. The van der Waals surface area contributed by atoms with Gasteiger partial charge in [-0.1, -0.05) is 0 Å². The Hall–Kier alpha value is -1.52. The topological polar surface area (TPSA) is 55.8 Å². The van der Waals surface area contributed by atoms with Crippen LogP contribution in [-0.2, 0) is 19.2 Å². The summed E-state index contributed by atoms with van der Waals surface area (Å²) in [7, 11) is 1.28. The summed E-state index contributed by atoms with van der Waals surface area (Å²) >= 11 is 0. The number of hydrogen-bond acceptors (Lipinski definition) is 5. The van der Waals surface area contributed by atoms with E-state index < -0.39 is 11.9 Å². The molecule has 0 bridgehead atoms. The summed E-state index contributed by atoms with van der Waals surface area (Å²) in [4.78, 5) is 27.5. The Morgan fingerprint density at radius 2 is 2.13 bits per heavy atom. The van der Waals surface area contributed by atoms with Gasteiger partial charge in [0.2, 0.25) is 0 Å². The maximum atomic E-state index is 11.3. The van der Waals surface area contributed by atoms with E-state index in [2.05, 4.69) is 4.74 Å². The van der Waals surface area contributed by atoms with Crippen LogP contribution in [0.3, 0.4) is 0 Å². The Morgan fingerprint density at radius 3 is 2.60 bits per heavy atom. The van der Waals surface area contributed by atoms with Crippen LogP contribution < -0.4 is 0 Å². The predicted octanol–water partition coefficient (Wildman–Crippen LogP) is 1.01. The number of esters is 1. The van der Waals surface area contributed by atoms with Gasteiger partial charge >= 0.3 is 11.9 Å². The molecule has 1 aliphatic heterocycles. The third-order valence-electron chi connectivity index (χ3n) is 1.92. The highest BCUT2D eigenvalue weighted by molar-refractivity contribution is 5.94. The zero-order chi connectivity index (χ0) is 11.6. The van der Waals surface area contributed by atoms with E-state index in [1.807, 2.05) is 20.8 Å². The lowest BCUT2D eigenvalue weighted by molar-refractivity contribution is -0.200. The minimum atomic E-state index is -0.499. The van der Waals surface area contributed by atoms with Crippen molar-refractivity contribution in [2.24, 2.45) is 0 Å². The zero-order valence-electron chi connectivity index (χ0n) is 9.36. The molecule has 0 saturated carbocycles. The second kappa shape index (κ2) is 3.92. The van der Waals surface area contributed by atoms with Gasteiger partial charge in [0.25, 0.3) is 0 Å². The summed E-state index contributed by atoms with van der Waals surface area (Å²) in [5, 5.41) is 1.37. The summed E-state index contributed by atoms with van der Waals surface area (Å²) in [5.74, 6) is -0.950. The zero-order valence-corrected chi connectivity index (χ0v) is 9.36. The summed E-state index contributed by atoms with van der Waals surface area (Å²) in [6, 6.07) is 0. The molecule has 0 radical (unpaired) electrons. The standard InChI is InChI=1S/C10H15NO4/c1-10(2,3)11-6-7(9(13)14-4)5-8(12)15-11/h6H,5H2,1-4H3. The van der Waals surface area contributed by atoms with E-state index in [4.69, 9.17) is 4.84 Å². The van der Waals surface area contributed by atoms with Gasteiger partial charge in [-0.2, -0.15) is 0 Å². The molecule has 1 heterocycles. The van der Waals surface area contributed by atoms with Crippen LogP contribution in [0.2, 0.25) is 0 Å². The lowest BCUT2D eigenvalue weighted by atomic mass is 10.1. The third-order valence-corrected chi connectivity index (χ3v) is 1.92. The first-order valence-electron chi connectivity index (χ1n) is 4.63. The first-order valence-corrected chi connectivity index (χ1v) is 4.63. The van der Waals surface area contributed by atoms with E-state index in [0.717, 1.165) is 0 Å². The number of nitrogens with zero attached hydrogens (tertiary/aromatic N) is 1. The van der Waals surface area contributed by atoms with Crippen molar-refractivity contribution in [2.45, 2.75) is 32.7 Å². The van der Waals surface area contributed by atoms with Gasteiger partial charge in [0, 0.05) is 0 Å². The van der Waals surface area contributed by atoms with Crippen molar-refractivity contribution >= 4 is 11.9 Å². The number of carbonyl (C=O) groups excluding carboxylic acids is 2. The van der Waals surface area contributed by atoms with Crippen molar-refractivity contribution in [1.29, 1.82) is 0 Å². The molecule has 0 N–H and O–H groups in total. The molecule has 1 aliphatic rings. The Kier molecular flexibility index (Phi) is 3.02. The molecular formula is C10H15NO4. The van der Waals surface area contributed by atoms with E-state index >= 15 is 0 Å². The van der Waals surface area contributed by atoms with E-state index in [-0.39, 0.29) is 12.0 Å². The minimum absolute atomic E-state index is 0.0424. The van der Waals surface area contributed by atoms with Gasteiger partial charge in [-0.05, 0) is 20.8 Å². The molecule has 15 heavy (non-hydrogen) atoms. The average Bonchev–Trinajstić information content (AvgIpc) is 2.14. The largest absolute Gasteiger partial charge is 0.466 e. The van der Waals surface area contributed by atoms with Crippen LogP contribution in [-0.4, -0.2) is 29.7 Å². The minimum Gasteiger partial charge on any atom is -0.466 e. The monoisotopic (exact) mass is 213 g/mol. The fourth-order valence-corrected chi connectivity index (χ4v) is 1.10. The summed E-state index contributed by atoms with van der Waals surface area (Å²) in [6.07, 6.45) is 1.46. The van der Waals surface area contributed by atoms with Crippen LogP contribution in [0.15, 0.2) is 11.8 Å². The number of rotatable bonds is 1. The SMILES string of the molecule is COC(=O)C1=CN(C(C)(C)C)OC(=O)C1. The molecule has 0 aliphatic carbocycles. The molecule has 5 heteroatoms. The molecular weight excluding hydrogens is 198 g/mol. The second-order valence-corrected chi connectivity index (χ2v) is 4.28. The highest BCUT2D eigenvalue weighted by atomic mass is 16.7. The van der Waals surface area contributed by atoms with Gasteiger partial charge < -0.3 is 9.57 Å². The molecule has 0 amide bonds. The highest BCUT2D eigenvalue weighted by Crippen LogP contribution is 2.22. The van der Waals surface area contributed by atoms with Gasteiger partial charge in [0.05, 0.1) is 30.8 Å². The molecule has 0 spiro atoms. The third kappa shape index (κ3) is 2.71. The lowest BCUT2D eigenvalue weighted by Crippen LogP contribution is -2.42. The Bertz CT molecular complexity index is 314. The van der Waals surface area contributed by atoms with E-state index in [0.29, 0.717) is 5.57 Å². The van der Waals surface area contributed by atoms with Crippen molar-refractivity contribution in [2.75, 3.05) is 7.11 Å². The van der Waals surface area contributed by atoms with Crippen LogP contribution >= 0.6 is 0 Å². The smallest absolute Gasteiger partial charge is 0.337 e. The maximum absolute atomic E-state index is 11.3. The summed E-state index contributed by atoms with van der Waals surface area (Å²) in [6.45, 7) is 5.62. The van der Waals surface area contributed by atoms with Crippen molar-refractivity contribution in [1.82, 2.24) is 5.06 Å². The van der Waals surface area contributed by atoms with Crippen molar-refractivity contribution in [3.05, 3.63) is 11.8 Å². The van der Waals surface area contributed by atoms with Gasteiger partial charge in [-0.15, -0.1) is 0 Å². The highest BCUT2D eigenvalue weighted by Gasteiger charge is 2.30. The molecule has 0 aromatic heterocycles. The molecule has 0 aromatic rings. The van der Waals surface area contributed by atoms with Gasteiger partial charge in [0.1, 0.15) is 0 Å². The average molecular weight is 213 g/mol. The van der Waals surface area contributed by atoms with E-state index in [1.165, 1.54) is 18.4 Å². The number of ether oxygens (including phenoxy) is 1. The van der Waals surface area contributed by atoms with Gasteiger partial charge in [-0.25, -0.2) is 14.7 Å². The molecule has 0 fully saturated rings. The van der Waals surface area contributed by atoms with Crippen LogP contribution in [0.5, 0.6) is 0 Å². The van der Waals surface area contributed by atoms with E-state index in [1.54, 1.807) is 0 Å². The first kappa shape index (κ1) is 11.6. The van der Waals surface area contributed by atoms with Gasteiger partial charge in [-0.3, -0.25) is 0 Å². The van der Waals surface area contributed by atoms with Crippen LogP contribution in [0.4, 0.5) is 0 Å². The number of hydroxylamine groups is 2. The first-order chi connectivity index (χ1) is 6.84. The fourth-order valence-electron chi connectivity index (χ4n) is 1.10.